The topological polar surface area (TPSA) is 58.8 Å². The van der Waals surface area contributed by atoms with Gasteiger partial charge in [0.25, 0.3) is 5.91 Å². The van der Waals surface area contributed by atoms with Crippen molar-refractivity contribution in [2.75, 3.05) is 26.2 Å². The van der Waals surface area contributed by atoms with Gasteiger partial charge in [-0.3, -0.25) is 9.69 Å². The molecule has 1 aromatic rings. The molecule has 138 valence electrons. The largest absolute Gasteiger partial charge is 0.368 e. The Morgan fingerprint density at radius 1 is 1.20 bits per heavy atom. The molecule has 0 bridgehead atoms. The monoisotopic (exact) mass is 347 g/mol. The number of carbonyl (C=O) groups excluding carboxylic acids is 1. The second kappa shape index (κ2) is 6.72. The van der Waals surface area contributed by atoms with Crippen LogP contribution in [0.1, 0.15) is 55.5 Å². The molecular weight excluding hydrogens is 318 g/mol. The molecule has 6 nitrogen and oxygen atoms in total. The lowest BCUT2D eigenvalue weighted by Gasteiger charge is -2.45. The van der Waals surface area contributed by atoms with E-state index in [4.69, 9.17) is 9.26 Å². The van der Waals surface area contributed by atoms with Crippen LogP contribution in [0.15, 0.2) is 4.52 Å². The van der Waals surface area contributed by atoms with Gasteiger partial charge in [0, 0.05) is 37.3 Å². The molecule has 0 aliphatic carbocycles. The normalized spacial score (nSPS) is 26.6. The SMILES string of the molecule is Cc1noc(C)c1CN1CCCC12CCN(C(=O)[C@@H]1CCCO1)CC2. The fourth-order valence-corrected chi connectivity index (χ4v) is 4.85. The maximum absolute atomic E-state index is 12.6. The van der Waals surface area contributed by atoms with Crippen molar-refractivity contribution in [2.45, 2.75) is 70.6 Å². The van der Waals surface area contributed by atoms with Crippen LogP contribution in [0, 0.1) is 13.8 Å². The van der Waals surface area contributed by atoms with Crippen LogP contribution in [-0.4, -0.2) is 58.7 Å². The number of piperidine rings is 1. The fourth-order valence-electron chi connectivity index (χ4n) is 4.85. The van der Waals surface area contributed by atoms with Crippen molar-refractivity contribution in [3.05, 3.63) is 17.0 Å². The number of likely N-dealkylation sites (tertiary alicyclic amines) is 2. The van der Waals surface area contributed by atoms with Gasteiger partial charge in [-0.25, -0.2) is 0 Å². The summed E-state index contributed by atoms with van der Waals surface area (Å²) in [5.74, 6) is 1.15. The number of ether oxygens (including phenoxy) is 1. The zero-order valence-corrected chi connectivity index (χ0v) is 15.4. The third-order valence-electron chi connectivity index (χ3n) is 6.48. The Hall–Kier alpha value is -1.40. The number of carbonyl (C=O) groups is 1. The molecular formula is C19H29N3O3. The van der Waals surface area contributed by atoms with E-state index in [0.717, 1.165) is 69.9 Å². The van der Waals surface area contributed by atoms with Crippen molar-refractivity contribution in [3.8, 4) is 0 Å². The first kappa shape index (κ1) is 17.0. The minimum atomic E-state index is -0.184. The highest BCUT2D eigenvalue weighted by molar-refractivity contribution is 5.81. The van der Waals surface area contributed by atoms with E-state index in [9.17, 15) is 4.79 Å². The van der Waals surface area contributed by atoms with Gasteiger partial charge in [-0.1, -0.05) is 5.16 Å². The molecule has 25 heavy (non-hydrogen) atoms. The highest BCUT2D eigenvalue weighted by atomic mass is 16.5. The summed E-state index contributed by atoms with van der Waals surface area (Å²) in [4.78, 5) is 17.3. The van der Waals surface area contributed by atoms with Gasteiger partial charge in [-0.15, -0.1) is 0 Å². The molecule has 1 spiro atoms. The van der Waals surface area contributed by atoms with Gasteiger partial charge in [-0.2, -0.15) is 0 Å². The number of hydrogen-bond acceptors (Lipinski definition) is 5. The first-order valence-corrected chi connectivity index (χ1v) is 9.66. The Morgan fingerprint density at radius 3 is 2.64 bits per heavy atom. The molecule has 3 saturated heterocycles. The zero-order valence-electron chi connectivity index (χ0n) is 15.4. The lowest BCUT2D eigenvalue weighted by Crippen LogP contribution is -2.54. The molecule has 1 aromatic heterocycles. The second-order valence-corrected chi connectivity index (χ2v) is 7.88. The fraction of sp³-hybridized carbons (Fsp3) is 0.789. The van der Waals surface area contributed by atoms with Gasteiger partial charge in [0.15, 0.2) is 0 Å². The molecule has 1 amide bonds. The summed E-state index contributed by atoms with van der Waals surface area (Å²) in [5, 5.41) is 4.10. The van der Waals surface area contributed by atoms with Crippen molar-refractivity contribution in [1.29, 1.82) is 0 Å². The van der Waals surface area contributed by atoms with E-state index in [1.807, 2.05) is 18.7 Å². The van der Waals surface area contributed by atoms with E-state index in [1.165, 1.54) is 18.4 Å². The van der Waals surface area contributed by atoms with E-state index in [2.05, 4.69) is 10.1 Å². The van der Waals surface area contributed by atoms with Crippen LogP contribution in [0.4, 0.5) is 0 Å². The van der Waals surface area contributed by atoms with Crippen molar-refractivity contribution in [2.24, 2.45) is 0 Å². The summed E-state index contributed by atoms with van der Waals surface area (Å²) in [7, 11) is 0. The van der Waals surface area contributed by atoms with Crippen molar-refractivity contribution in [1.82, 2.24) is 15.0 Å². The van der Waals surface area contributed by atoms with E-state index in [-0.39, 0.29) is 17.6 Å². The minimum Gasteiger partial charge on any atom is -0.368 e. The standard InChI is InChI=1S/C19H29N3O3/c1-14-16(15(2)25-20-14)13-22-9-4-6-19(22)7-10-21(11-8-19)18(23)17-5-3-12-24-17/h17H,3-13H2,1-2H3/t17-/m0/s1. The molecule has 0 unspecified atom stereocenters. The van der Waals surface area contributed by atoms with Crippen molar-refractivity contribution in [3.63, 3.8) is 0 Å². The average molecular weight is 347 g/mol. The summed E-state index contributed by atoms with van der Waals surface area (Å²) in [6, 6.07) is 0. The van der Waals surface area contributed by atoms with E-state index >= 15 is 0 Å². The molecule has 0 N–H and O–H groups in total. The Balaban J connectivity index is 1.41. The number of hydrogen-bond donors (Lipinski definition) is 0. The maximum Gasteiger partial charge on any atom is 0.251 e. The van der Waals surface area contributed by atoms with Gasteiger partial charge < -0.3 is 14.2 Å². The van der Waals surface area contributed by atoms with E-state index in [0.29, 0.717) is 0 Å². The summed E-state index contributed by atoms with van der Waals surface area (Å²) in [5.41, 5.74) is 2.48. The van der Waals surface area contributed by atoms with Crippen molar-refractivity contribution < 1.29 is 14.1 Å². The molecule has 3 fully saturated rings. The zero-order chi connectivity index (χ0) is 17.4. The predicted octanol–water partition coefficient (Wildman–Crippen LogP) is 2.43. The van der Waals surface area contributed by atoms with Crippen LogP contribution in [0.25, 0.3) is 0 Å². The molecule has 6 heteroatoms. The molecule has 0 radical (unpaired) electrons. The van der Waals surface area contributed by atoms with Gasteiger partial charge in [0.2, 0.25) is 0 Å². The number of aromatic nitrogens is 1. The minimum absolute atomic E-state index is 0.184. The first-order chi connectivity index (χ1) is 12.1. The van der Waals surface area contributed by atoms with E-state index in [1.54, 1.807) is 0 Å². The van der Waals surface area contributed by atoms with Crippen molar-refractivity contribution >= 4 is 5.91 Å². The van der Waals surface area contributed by atoms with Crippen LogP contribution in [0.3, 0.4) is 0 Å². The highest BCUT2D eigenvalue weighted by Crippen LogP contribution is 2.40. The summed E-state index contributed by atoms with van der Waals surface area (Å²) in [6.45, 7) is 8.52. The Kier molecular flexibility index (Phi) is 4.58. The average Bonchev–Trinajstić information content (AvgIpc) is 3.34. The Labute approximate surface area is 149 Å². The first-order valence-electron chi connectivity index (χ1n) is 9.66. The molecule has 3 aliphatic heterocycles. The molecule has 3 aliphatic rings. The van der Waals surface area contributed by atoms with E-state index < -0.39 is 0 Å². The lowest BCUT2D eigenvalue weighted by atomic mass is 9.84. The van der Waals surface area contributed by atoms with Gasteiger partial charge in [0.1, 0.15) is 11.9 Å². The summed E-state index contributed by atoms with van der Waals surface area (Å²) in [6.07, 6.45) is 6.32. The van der Waals surface area contributed by atoms with Crippen LogP contribution in [0.2, 0.25) is 0 Å². The number of rotatable bonds is 3. The van der Waals surface area contributed by atoms with Gasteiger partial charge >= 0.3 is 0 Å². The maximum atomic E-state index is 12.6. The number of nitrogens with zero attached hydrogens (tertiary/aromatic N) is 3. The Morgan fingerprint density at radius 2 is 2.00 bits per heavy atom. The quantitative estimate of drug-likeness (QED) is 0.840. The third-order valence-corrected chi connectivity index (χ3v) is 6.48. The van der Waals surface area contributed by atoms with Gasteiger partial charge in [0.05, 0.1) is 5.69 Å². The molecule has 1 atom stereocenters. The predicted molar refractivity (Wildman–Crippen MR) is 93.1 cm³/mol. The summed E-state index contributed by atoms with van der Waals surface area (Å²) >= 11 is 0. The van der Waals surface area contributed by atoms with Crippen LogP contribution >= 0.6 is 0 Å². The third kappa shape index (κ3) is 3.10. The molecule has 0 aromatic carbocycles. The number of amides is 1. The molecule has 4 heterocycles. The highest BCUT2D eigenvalue weighted by Gasteiger charge is 2.44. The Bertz CT molecular complexity index is 608. The van der Waals surface area contributed by atoms with Crippen LogP contribution in [-0.2, 0) is 16.1 Å². The van der Waals surface area contributed by atoms with Crippen LogP contribution in [0.5, 0.6) is 0 Å². The smallest absolute Gasteiger partial charge is 0.251 e. The molecule has 0 saturated carbocycles. The van der Waals surface area contributed by atoms with Crippen LogP contribution < -0.4 is 0 Å². The second-order valence-electron chi connectivity index (χ2n) is 7.88. The summed E-state index contributed by atoms with van der Waals surface area (Å²) < 4.78 is 10.9. The molecule has 4 rings (SSSR count). The number of aryl methyl sites for hydroxylation is 2. The lowest BCUT2D eigenvalue weighted by molar-refractivity contribution is -0.143. The van der Waals surface area contributed by atoms with Gasteiger partial charge in [-0.05, 0) is 58.9 Å².